The van der Waals surface area contributed by atoms with Crippen LogP contribution in [0.25, 0.3) is 11.4 Å². The van der Waals surface area contributed by atoms with E-state index in [9.17, 15) is 0 Å². The summed E-state index contributed by atoms with van der Waals surface area (Å²) in [5, 5.41) is 3.18. The van der Waals surface area contributed by atoms with Crippen molar-refractivity contribution in [3.8, 4) is 11.4 Å². The molecule has 0 unspecified atom stereocenters. The summed E-state index contributed by atoms with van der Waals surface area (Å²) in [5.41, 5.74) is 1.46. The van der Waals surface area contributed by atoms with Gasteiger partial charge in [-0.05, 0) is 6.42 Å². The van der Waals surface area contributed by atoms with Gasteiger partial charge in [-0.3, -0.25) is 15.0 Å². The molecule has 5 nitrogen and oxygen atoms in total. The molecule has 0 aliphatic rings. The molecule has 82 valence electrons. The fraction of sp³-hybridized carbons (Fsp3) is 0.273. The average Bonchev–Trinajstić information content (AvgIpc) is 2.38. The molecular weight excluding hydrogens is 202 g/mol. The quantitative estimate of drug-likeness (QED) is 0.841. The molecular formula is C11H13N5. The molecule has 0 aromatic carbocycles. The van der Waals surface area contributed by atoms with E-state index in [1.807, 2.05) is 0 Å². The van der Waals surface area contributed by atoms with Gasteiger partial charge in [-0.1, -0.05) is 6.92 Å². The fourth-order valence-electron chi connectivity index (χ4n) is 1.26. The molecule has 2 heterocycles. The van der Waals surface area contributed by atoms with Crippen molar-refractivity contribution < 1.29 is 0 Å². The van der Waals surface area contributed by atoms with Crippen molar-refractivity contribution >= 4 is 5.82 Å². The summed E-state index contributed by atoms with van der Waals surface area (Å²) < 4.78 is 0. The Bertz CT molecular complexity index is 443. The lowest BCUT2D eigenvalue weighted by Gasteiger charge is -2.04. The lowest BCUT2D eigenvalue weighted by molar-refractivity contribution is 0.964. The van der Waals surface area contributed by atoms with E-state index in [4.69, 9.17) is 0 Å². The van der Waals surface area contributed by atoms with Gasteiger partial charge in [-0.2, -0.15) is 0 Å². The second kappa shape index (κ2) is 5.16. The summed E-state index contributed by atoms with van der Waals surface area (Å²) in [6, 6.07) is 0. The summed E-state index contributed by atoms with van der Waals surface area (Å²) in [6.07, 6.45) is 9.39. The van der Waals surface area contributed by atoms with Crippen molar-refractivity contribution in [3.05, 3.63) is 31.0 Å². The van der Waals surface area contributed by atoms with Gasteiger partial charge in [-0.15, -0.1) is 0 Å². The van der Waals surface area contributed by atoms with Crippen LogP contribution in [-0.2, 0) is 0 Å². The van der Waals surface area contributed by atoms with Gasteiger partial charge in [-0.25, -0.2) is 4.98 Å². The molecule has 0 fully saturated rings. The molecule has 16 heavy (non-hydrogen) atoms. The normalized spacial score (nSPS) is 10.1. The first-order valence-electron chi connectivity index (χ1n) is 5.22. The molecule has 0 spiro atoms. The number of nitrogens with one attached hydrogen (secondary N) is 1. The first-order chi connectivity index (χ1) is 7.90. The Morgan fingerprint density at radius 2 is 1.94 bits per heavy atom. The summed E-state index contributed by atoms with van der Waals surface area (Å²) >= 11 is 0. The van der Waals surface area contributed by atoms with Crippen LogP contribution in [0, 0.1) is 0 Å². The Hall–Kier alpha value is -2.04. The minimum atomic E-state index is 0.731. The molecule has 0 atom stereocenters. The lowest BCUT2D eigenvalue weighted by atomic mass is 10.3. The van der Waals surface area contributed by atoms with Crippen molar-refractivity contribution in [2.75, 3.05) is 11.9 Å². The number of hydrogen-bond donors (Lipinski definition) is 1. The van der Waals surface area contributed by atoms with Crippen molar-refractivity contribution in [3.63, 3.8) is 0 Å². The first-order valence-corrected chi connectivity index (χ1v) is 5.22. The van der Waals surface area contributed by atoms with Gasteiger partial charge >= 0.3 is 0 Å². The van der Waals surface area contributed by atoms with Gasteiger partial charge < -0.3 is 5.32 Å². The summed E-state index contributed by atoms with van der Waals surface area (Å²) in [7, 11) is 0. The van der Waals surface area contributed by atoms with Crippen LogP contribution in [0.3, 0.4) is 0 Å². The molecule has 0 amide bonds. The van der Waals surface area contributed by atoms with Crippen LogP contribution in [0.5, 0.6) is 0 Å². The molecule has 0 bridgehead atoms. The molecule has 2 aromatic heterocycles. The van der Waals surface area contributed by atoms with Crippen LogP contribution in [0.4, 0.5) is 5.82 Å². The van der Waals surface area contributed by atoms with Gasteiger partial charge in [0.15, 0.2) is 0 Å². The zero-order valence-corrected chi connectivity index (χ0v) is 9.09. The van der Waals surface area contributed by atoms with E-state index < -0.39 is 0 Å². The standard InChI is InChI=1S/C11H13N5/c1-2-3-15-11-8-13-7-10(16-11)9-6-12-4-5-14-9/h4-8H,2-3H2,1H3,(H,15,16). The average molecular weight is 215 g/mol. The van der Waals surface area contributed by atoms with E-state index in [1.165, 1.54) is 0 Å². The third-order valence-corrected chi connectivity index (χ3v) is 2.02. The number of aromatic nitrogens is 4. The highest BCUT2D eigenvalue weighted by molar-refractivity contribution is 5.53. The molecule has 0 saturated carbocycles. The third-order valence-electron chi connectivity index (χ3n) is 2.02. The number of anilines is 1. The Labute approximate surface area is 94.0 Å². The SMILES string of the molecule is CCCNc1cncc(-c2cnccn2)n1. The van der Waals surface area contributed by atoms with Crippen LogP contribution < -0.4 is 5.32 Å². The van der Waals surface area contributed by atoms with Crippen LogP contribution >= 0.6 is 0 Å². The fourth-order valence-corrected chi connectivity index (χ4v) is 1.26. The maximum Gasteiger partial charge on any atom is 0.145 e. The van der Waals surface area contributed by atoms with E-state index >= 15 is 0 Å². The molecule has 0 radical (unpaired) electrons. The zero-order valence-electron chi connectivity index (χ0n) is 9.09. The Balaban J connectivity index is 2.22. The maximum atomic E-state index is 4.40. The second-order valence-electron chi connectivity index (χ2n) is 3.31. The molecule has 0 aliphatic heterocycles. The van der Waals surface area contributed by atoms with E-state index in [2.05, 4.69) is 32.2 Å². The van der Waals surface area contributed by atoms with Gasteiger partial charge in [0.25, 0.3) is 0 Å². The Morgan fingerprint density at radius 3 is 2.69 bits per heavy atom. The maximum absolute atomic E-state index is 4.40. The molecule has 1 N–H and O–H groups in total. The largest absolute Gasteiger partial charge is 0.369 e. The molecule has 0 saturated heterocycles. The summed E-state index contributed by atoms with van der Waals surface area (Å²) in [5.74, 6) is 0.769. The monoisotopic (exact) mass is 215 g/mol. The number of hydrogen-bond acceptors (Lipinski definition) is 5. The lowest BCUT2D eigenvalue weighted by Crippen LogP contribution is -2.03. The summed E-state index contributed by atoms with van der Waals surface area (Å²) in [6.45, 7) is 2.99. The van der Waals surface area contributed by atoms with E-state index in [0.29, 0.717) is 0 Å². The number of nitrogens with zero attached hydrogens (tertiary/aromatic N) is 4. The van der Waals surface area contributed by atoms with Crippen LogP contribution in [0.1, 0.15) is 13.3 Å². The Kier molecular flexibility index (Phi) is 3.38. The van der Waals surface area contributed by atoms with E-state index in [1.54, 1.807) is 31.0 Å². The van der Waals surface area contributed by atoms with Crippen LogP contribution in [0.15, 0.2) is 31.0 Å². The minimum Gasteiger partial charge on any atom is -0.369 e. The third kappa shape index (κ3) is 2.50. The minimum absolute atomic E-state index is 0.731. The van der Waals surface area contributed by atoms with Crippen LogP contribution in [-0.4, -0.2) is 26.5 Å². The van der Waals surface area contributed by atoms with Crippen molar-refractivity contribution in [1.29, 1.82) is 0 Å². The first kappa shape index (κ1) is 10.5. The molecule has 2 rings (SSSR count). The van der Waals surface area contributed by atoms with Crippen LogP contribution in [0.2, 0.25) is 0 Å². The topological polar surface area (TPSA) is 63.6 Å². The van der Waals surface area contributed by atoms with Gasteiger partial charge in [0, 0.05) is 18.9 Å². The zero-order chi connectivity index (χ0) is 11.2. The molecule has 0 aliphatic carbocycles. The van der Waals surface area contributed by atoms with E-state index in [-0.39, 0.29) is 0 Å². The predicted octanol–water partition coefficient (Wildman–Crippen LogP) is 1.76. The number of rotatable bonds is 4. The molecule has 5 heteroatoms. The second-order valence-corrected chi connectivity index (χ2v) is 3.31. The highest BCUT2D eigenvalue weighted by atomic mass is 15.0. The summed E-state index contributed by atoms with van der Waals surface area (Å²) in [4.78, 5) is 16.7. The smallest absolute Gasteiger partial charge is 0.145 e. The molecule has 2 aromatic rings. The van der Waals surface area contributed by atoms with Gasteiger partial charge in [0.05, 0.1) is 18.6 Å². The highest BCUT2D eigenvalue weighted by Crippen LogP contribution is 2.13. The van der Waals surface area contributed by atoms with Crippen molar-refractivity contribution in [2.24, 2.45) is 0 Å². The van der Waals surface area contributed by atoms with Gasteiger partial charge in [0.1, 0.15) is 17.2 Å². The highest BCUT2D eigenvalue weighted by Gasteiger charge is 2.02. The van der Waals surface area contributed by atoms with Gasteiger partial charge in [0.2, 0.25) is 0 Å². The van der Waals surface area contributed by atoms with Crippen molar-refractivity contribution in [2.45, 2.75) is 13.3 Å². The predicted molar refractivity (Wildman–Crippen MR) is 61.8 cm³/mol. The Morgan fingerprint density at radius 1 is 1.06 bits per heavy atom. The van der Waals surface area contributed by atoms with Crippen molar-refractivity contribution in [1.82, 2.24) is 19.9 Å². The van der Waals surface area contributed by atoms with E-state index in [0.717, 1.165) is 30.2 Å².